The second-order valence-electron chi connectivity index (χ2n) is 7.62. The van der Waals surface area contributed by atoms with E-state index in [4.69, 9.17) is 0 Å². The van der Waals surface area contributed by atoms with Crippen LogP contribution in [0.15, 0.2) is 48.8 Å². The van der Waals surface area contributed by atoms with E-state index in [1.807, 2.05) is 36.9 Å². The lowest BCUT2D eigenvalue weighted by Gasteiger charge is -2.34. The number of carbonyl (C=O) groups is 2. The number of piperazine rings is 1. The van der Waals surface area contributed by atoms with Gasteiger partial charge < -0.3 is 10.2 Å². The van der Waals surface area contributed by atoms with Gasteiger partial charge in [0.15, 0.2) is 0 Å². The van der Waals surface area contributed by atoms with Crippen LogP contribution in [0.2, 0.25) is 0 Å². The first-order valence-corrected chi connectivity index (χ1v) is 9.81. The molecule has 28 heavy (non-hydrogen) atoms. The third-order valence-electron chi connectivity index (χ3n) is 4.83. The number of carbonyl (C=O) groups excluding carboxylic acids is 2. The quantitative estimate of drug-likeness (QED) is 0.836. The summed E-state index contributed by atoms with van der Waals surface area (Å²) in [7, 11) is 0. The van der Waals surface area contributed by atoms with E-state index in [0.717, 1.165) is 19.6 Å². The highest BCUT2D eigenvalue weighted by Crippen LogP contribution is 2.12. The van der Waals surface area contributed by atoms with Gasteiger partial charge in [-0.05, 0) is 17.5 Å². The van der Waals surface area contributed by atoms with E-state index in [1.165, 1.54) is 18.0 Å². The summed E-state index contributed by atoms with van der Waals surface area (Å²) in [6.07, 6.45) is 3.04. The minimum Gasteiger partial charge on any atom is -0.352 e. The monoisotopic (exact) mass is 380 g/mol. The molecule has 0 atom stereocenters. The molecular formula is C22H28N4O2. The molecule has 1 aliphatic heterocycles. The predicted molar refractivity (Wildman–Crippen MR) is 109 cm³/mol. The normalized spacial score (nSPS) is 14.9. The molecule has 0 bridgehead atoms. The first-order chi connectivity index (χ1) is 13.5. The Morgan fingerprint density at radius 3 is 2.39 bits per heavy atom. The maximum Gasteiger partial charge on any atom is 0.255 e. The van der Waals surface area contributed by atoms with Crippen molar-refractivity contribution in [2.24, 2.45) is 5.92 Å². The van der Waals surface area contributed by atoms with E-state index < -0.39 is 0 Å². The van der Waals surface area contributed by atoms with Crippen LogP contribution < -0.4 is 5.32 Å². The molecule has 148 valence electrons. The summed E-state index contributed by atoms with van der Waals surface area (Å²) >= 11 is 0. The number of benzene rings is 1. The summed E-state index contributed by atoms with van der Waals surface area (Å²) < 4.78 is 0. The van der Waals surface area contributed by atoms with Crippen LogP contribution >= 0.6 is 0 Å². The minimum atomic E-state index is -0.191. The average molecular weight is 380 g/mol. The Kier molecular flexibility index (Phi) is 6.76. The van der Waals surface area contributed by atoms with Gasteiger partial charge in [0.1, 0.15) is 0 Å². The predicted octanol–water partition coefficient (Wildman–Crippen LogP) is 2.43. The van der Waals surface area contributed by atoms with Crippen molar-refractivity contribution in [3.63, 3.8) is 0 Å². The molecule has 1 N–H and O–H groups in total. The number of hydrogen-bond donors (Lipinski definition) is 1. The van der Waals surface area contributed by atoms with Gasteiger partial charge in [0.05, 0.1) is 11.1 Å². The summed E-state index contributed by atoms with van der Waals surface area (Å²) in [5.41, 5.74) is 2.18. The molecule has 3 rings (SSSR count). The van der Waals surface area contributed by atoms with Gasteiger partial charge in [0.2, 0.25) is 0 Å². The van der Waals surface area contributed by atoms with Gasteiger partial charge in [0, 0.05) is 51.7 Å². The molecule has 6 nitrogen and oxygen atoms in total. The molecule has 1 aliphatic rings. The molecule has 1 fully saturated rings. The van der Waals surface area contributed by atoms with Gasteiger partial charge in [-0.25, -0.2) is 0 Å². The highest BCUT2D eigenvalue weighted by atomic mass is 16.2. The van der Waals surface area contributed by atoms with Crippen molar-refractivity contribution in [2.75, 3.05) is 32.7 Å². The molecule has 2 amide bonds. The number of amides is 2. The average Bonchev–Trinajstić information content (AvgIpc) is 2.73. The standard InChI is InChI=1S/C22H28N4O2/c1-17(2)13-24-21(27)19-12-20(15-23-14-19)22(28)26-10-8-25(9-11-26)16-18-6-4-3-5-7-18/h3-7,12,14-15,17H,8-11,13,16H2,1-2H3,(H,24,27). The molecule has 6 heteroatoms. The molecule has 2 heterocycles. The fourth-order valence-electron chi connectivity index (χ4n) is 3.21. The van der Waals surface area contributed by atoms with E-state index in [2.05, 4.69) is 27.3 Å². The van der Waals surface area contributed by atoms with Crippen LogP contribution in [-0.2, 0) is 6.54 Å². The lowest BCUT2D eigenvalue weighted by Crippen LogP contribution is -2.48. The number of rotatable bonds is 6. The van der Waals surface area contributed by atoms with Gasteiger partial charge in [-0.15, -0.1) is 0 Å². The lowest BCUT2D eigenvalue weighted by atomic mass is 10.1. The smallest absolute Gasteiger partial charge is 0.255 e. The molecule has 1 saturated heterocycles. The van der Waals surface area contributed by atoms with Crippen molar-refractivity contribution in [3.05, 3.63) is 65.5 Å². The van der Waals surface area contributed by atoms with Crippen molar-refractivity contribution in [3.8, 4) is 0 Å². The van der Waals surface area contributed by atoms with Crippen LogP contribution in [0.25, 0.3) is 0 Å². The molecule has 1 aromatic heterocycles. The summed E-state index contributed by atoms with van der Waals surface area (Å²) in [5.74, 6) is 0.114. The number of aromatic nitrogens is 1. The van der Waals surface area contributed by atoms with E-state index in [1.54, 1.807) is 6.07 Å². The van der Waals surface area contributed by atoms with Crippen molar-refractivity contribution in [1.82, 2.24) is 20.1 Å². The molecule has 0 spiro atoms. The molecule has 0 unspecified atom stereocenters. The molecule has 0 aliphatic carbocycles. The minimum absolute atomic E-state index is 0.0645. The molecule has 1 aromatic carbocycles. The summed E-state index contributed by atoms with van der Waals surface area (Å²) in [6, 6.07) is 12.0. The van der Waals surface area contributed by atoms with Gasteiger partial charge in [-0.1, -0.05) is 44.2 Å². The Morgan fingerprint density at radius 1 is 1.04 bits per heavy atom. The van der Waals surface area contributed by atoms with Crippen molar-refractivity contribution < 1.29 is 9.59 Å². The van der Waals surface area contributed by atoms with E-state index >= 15 is 0 Å². The Balaban J connectivity index is 1.56. The van der Waals surface area contributed by atoms with Crippen LogP contribution in [0, 0.1) is 5.92 Å². The molecule has 2 aromatic rings. The van der Waals surface area contributed by atoms with E-state index in [9.17, 15) is 9.59 Å². The molecule has 0 saturated carbocycles. The zero-order valence-corrected chi connectivity index (χ0v) is 16.6. The van der Waals surface area contributed by atoms with Crippen molar-refractivity contribution in [1.29, 1.82) is 0 Å². The van der Waals surface area contributed by atoms with Crippen molar-refractivity contribution in [2.45, 2.75) is 20.4 Å². The summed E-state index contributed by atoms with van der Waals surface area (Å²) in [5, 5.41) is 2.86. The molecular weight excluding hydrogens is 352 g/mol. The second kappa shape index (κ2) is 9.46. The zero-order chi connectivity index (χ0) is 19.9. The van der Waals surface area contributed by atoms with Crippen LogP contribution in [0.1, 0.15) is 40.1 Å². The Bertz CT molecular complexity index is 799. The number of pyridine rings is 1. The fourth-order valence-corrected chi connectivity index (χ4v) is 3.21. The van der Waals surface area contributed by atoms with E-state index in [-0.39, 0.29) is 11.8 Å². The third-order valence-corrected chi connectivity index (χ3v) is 4.83. The zero-order valence-electron chi connectivity index (χ0n) is 16.6. The Morgan fingerprint density at radius 2 is 1.71 bits per heavy atom. The van der Waals surface area contributed by atoms with Gasteiger partial charge in [-0.2, -0.15) is 0 Å². The fraction of sp³-hybridized carbons (Fsp3) is 0.409. The highest BCUT2D eigenvalue weighted by Gasteiger charge is 2.23. The Labute approximate surface area is 166 Å². The first kappa shape index (κ1) is 20.0. The number of nitrogens with one attached hydrogen (secondary N) is 1. The van der Waals surface area contributed by atoms with Crippen molar-refractivity contribution >= 4 is 11.8 Å². The lowest BCUT2D eigenvalue weighted by molar-refractivity contribution is 0.0628. The largest absolute Gasteiger partial charge is 0.352 e. The first-order valence-electron chi connectivity index (χ1n) is 9.81. The maximum absolute atomic E-state index is 12.8. The third kappa shape index (κ3) is 5.39. The Hall–Kier alpha value is -2.73. The highest BCUT2D eigenvalue weighted by molar-refractivity contribution is 5.99. The van der Waals surface area contributed by atoms with Gasteiger partial charge >= 0.3 is 0 Å². The van der Waals surface area contributed by atoms with Crippen LogP contribution in [0.5, 0.6) is 0 Å². The van der Waals surface area contributed by atoms with Crippen LogP contribution in [-0.4, -0.2) is 59.3 Å². The van der Waals surface area contributed by atoms with Crippen LogP contribution in [0.4, 0.5) is 0 Å². The SMILES string of the molecule is CC(C)CNC(=O)c1cncc(C(=O)N2CCN(Cc3ccccc3)CC2)c1. The van der Waals surface area contributed by atoms with Gasteiger partial charge in [-0.3, -0.25) is 19.5 Å². The van der Waals surface area contributed by atoms with Gasteiger partial charge in [0.25, 0.3) is 11.8 Å². The summed E-state index contributed by atoms with van der Waals surface area (Å²) in [6.45, 7) is 8.60. The molecule has 0 radical (unpaired) electrons. The second-order valence-corrected chi connectivity index (χ2v) is 7.62. The number of nitrogens with zero attached hydrogens (tertiary/aromatic N) is 3. The number of hydrogen-bond acceptors (Lipinski definition) is 4. The van der Waals surface area contributed by atoms with E-state index in [0.29, 0.717) is 36.7 Å². The van der Waals surface area contributed by atoms with Crippen LogP contribution in [0.3, 0.4) is 0 Å². The maximum atomic E-state index is 12.8. The summed E-state index contributed by atoms with van der Waals surface area (Å²) in [4.78, 5) is 33.4. The topological polar surface area (TPSA) is 65.5 Å².